The molecule has 0 bridgehead atoms. The summed E-state index contributed by atoms with van der Waals surface area (Å²) in [6.07, 6.45) is 5.20. The van der Waals surface area contributed by atoms with Crippen LogP contribution in [0.2, 0.25) is 0 Å². The van der Waals surface area contributed by atoms with Gasteiger partial charge in [-0.3, -0.25) is 0 Å². The minimum atomic E-state index is -0.853. The Morgan fingerprint density at radius 1 is 0.714 bits per heavy atom. The van der Waals surface area contributed by atoms with Crippen LogP contribution >= 0.6 is 0 Å². The van der Waals surface area contributed by atoms with E-state index in [1.807, 2.05) is 0 Å². The first-order chi connectivity index (χ1) is 13.4. The Morgan fingerprint density at radius 3 is 1.36 bits per heavy atom. The molecule has 0 saturated carbocycles. The maximum absolute atomic E-state index is 11.5. The fraction of sp³-hybridized carbons (Fsp3) is 0.556. The van der Waals surface area contributed by atoms with Crippen molar-refractivity contribution in [1.82, 2.24) is 9.80 Å². The van der Waals surface area contributed by atoms with Crippen LogP contribution < -0.4 is 0 Å². The molecule has 10 heteroatoms. The lowest BCUT2D eigenvalue weighted by Crippen LogP contribution is -2.37. The van der Waals surface area contributed by atoms with Crippen molar-refractivity contribution in [3.8, 4) is 0 Å². The van der Waals surface area contributed by atoms with Gasteiger partial charge in [-0.1, -0.05) is 0 Å². The maximum Gasteiger partial charge on any atom is 0.331 e. The van der Waals surface area contributed by atoms with Crippen molar-refractivity contribution in [3.63, 3.8) is 0 Å². The van der Waals surface area contributed by atoms with E-state index < -0.39 is 36.9 Å². The predicted molar refractivity (Wildman–Crippen MR) is 96.0 cm³/mol. The van der Waals surface area contributed by atoms with Gasteiger partial charge in [0.25, 0.3) is 0 Å². The first kappa shape index (κ1) is 22.2. The lowest BCUT2D eigenvalue weighted by molar-refractivity contribution is -0.141. The van der Waals surface area contributed by atoms with E-state index in [1.165, 1.54) is 34.1 Å². The fourth-order valence-electron chi connectivity index (χ4n) is 2.75. The molecule has 2 rings (SSSR count). The smallest absolute Gasteiger partial charge is 0.331 e. The molecule has 10 nitrogen and oxygen atoms in total. The lowest BCUT2D eigenvalue weighted by Gasteiger charge is -2.23. The Bertz CT molecular complexity index is 545. The minimum absolute atomic E-state index is 0.0721. The van der Waals surface area contributed by atoms with Gasteiger partial charge in [0.05, 0.1) is 13.2 Å². The number of carbonyl (C=O) groups excluding carboxylic acids is 2. The summed E-state index contributed by atoms with van der Waals surface area (Å²) in [6, 6.07) is 0. The van der Waals surface area contributed by atoms with Gasteiger partial charge in [0.1, 0.15) is 24.9 Å². The van der Waals surface area contributed by atoms with Crippen LogP contribution in [0.15, 0.2) is 36.5 Å². The average Bonchev–Trinajstić information content (AvgIpc) is 3.16. The van der Waals surface area contributed by atoms with Gasteiger partial charge in [0, 0.05) is 25.2 Å². The molecule has 156 valence electrons. The summed E-state index contributed by atoms with van der Waals surface area (Å²) in [6.45, 7) is 0.819. The monoisotopic (exact) mass is 398 g/mol. The van der Waals surface area contributed by atoms with Crippen LogP contribution in [0.25, 0.3) is 0 Å². The molecule has 4 unspecified atom stereocenters. The number of aliphatic hydroxyl groups is 4. The topological polar surface area (TPSA) is 140 Å². The number of carbonyl (C=O) groups is 2. The molecule has 0 spiro atoms. The zero-order valence-electron chi connectivity index (χ0n) is 15.3. The second-order valence-electron chi connectivity index (χ2n) is 6.28. The lowest BCUT2D eigenvalue weighted by atomic mass is 10.4. The Labute approximate surface area is 162 Å². The average molecular weight is 398 g/mol. The van der Waals surface area contributed by atoms with Gasteiger partial charge in [-0.25, -0.2) is 19.4 Å². The first-order valence-corrected chi connectivity index (χ1v) is 9.00. The molecule has 0 radical (unpaired) electrons. The number of nitrogens with zero attached hydrogens (tertiary/aromatic N) is 2. The molecule has 0 aromatic carbocycles. The molecular formula is C18H26N2O8. The maximum atomic E-state index is 11.5. The molecule has 0 aromatic heterocycles. The van der Waals surface area contributed by atoms with Crippen molar-refractivity contribution in [2.24, 2.45) is 0 Å². The van der Waals surface area contributed by atoms with Crippen molar-refractivity contribution in [2.75, 3.05) is 26.3 Å². The molecule has 0 fully saturated rings. The number of hydrogen-bond donors (Lipinski definition) is 4. The highest BCUT2D eigenvalue weighted by Gasteiger charge is 2.25. The molecule has 28 heavy (non-hydrogen) atoms. The Morgan fingerprint density at radius 2 is 1.04 bits per heavy atom. The Hall–Kier alpha value is -2.08. The molecule has 2 heterocycles. The van der Waals surface area contributed by atoms with Gasteiger partial charge in [-0.2, -0.15) is 0 Å². The summed E-state index contributed by atoms with van der Waals surface area (Å²) in [4.78, 5) is 25.9. The van der Waals surface area contributed by atoms with E-state index in [4.69, 9.17) is 9.47 Å². The van der Waals surface area contributed by atoms with E-state index in [-0.39, 0.29) is 13.2 Å². The van der Waals surface area contributed by atoms with Crippen LogP contribution in [0.1, 0.15) is 12.8 Å². The highest BCUT2D eigenvalue weighted by molar-refractivity contribution is 5.91. The largest absolute Gasteiger partial charge is 0.462 e. The minimum Gasteiger partial charge on any atom is -0.462 e. The van der Waals surface area contributed by atoms with Crippen LogP contribution in [-0.4, -0.2) is 93.4 Å². The predicted octanol–water partition coefficient (Wildman–Crippen LogP) is -1.57. The van der Waals surface area contributed by atoms with Gasteiger partial charge in [0.15, 0.2) is 0 Å². The van der Waals surface area contributed by atoms with Gasteiger partial charge < -0.3 is 29.9 Å². The van der Waals surface area contributed by atoms with Crippen molar-refractivity contribution in [1.29, 1.82) is 0 Å². The Kier molecular flexibility index (Phi) is 8.77. The van der Waals surface area contributed by atoms with Crippen LogP contribution in [-0.2, 0) is 19.1 Å². The third-order valence-electron chi connectivity index (χ3n) is 4.24. The molecular weight excluding hydrogens is 372 g/mol. The number of rotatable bonds is 10. The van der Waals surface area contributed by atoms with Gasteiger partial charge in [-0.05, 0) is 37.1 Å². The van der Waals surface area contributed by atoms with Gasteiger partial charge in [0.2, 0.25) is 0 Å². The van der Waals surface area contributed by atoms with Crippen molar-refractivity contribution < 1.29 is 39.5 Å². The number of aliphatic hydroxyl groups excluding tert-OH is 4. The van der Waals surface area contributed by atoms with E-state index in [0.717, 1.165) is 12.2 Å². The third kappa shape index (κ3) is 6.82. The Balaban J connectivity index is 1.52. The van der Waals surface area contributed by atoms with E-state index in [2.05, 4.69) is 0 Å². The van der Waals surface area contributed by atoms with E-state index in [0.29, 0.717) is 25.9 Å². The van der Waals surface area contributed by atoms with E-state index >= 15 is 0 Å². The molecule has 4 atom stereocenters. The molecule has 2 aliphatic rings. The molecule has 0 saturated heterocycles. The van der Waals surface area contributed by atoms with Crippen LogP contribution in [0, 0.1) is 0 Å². The zero-order chi connectivity index (χ0) is 20.5. The highest BCUT2D eigenvalue weighted by atomic mass is 16.5. The quantitative estimate of drug-likeness (QED) is 0.148. The van der Waals surface area contributed by atoms with E-state index in [1.54, 1.807) is 0 Å². The summed E-state index contributed by atoms with van der Waals surface area (Å²) in [5, 5.41) is 38.3. The SMILES string of the molecule is O=C(/C=C/C(=O)OCCCN1C(O)C=CC1O)OCCCN1C(O)C=CC1O. The third-order valence-corrected chi connectivity index (χ3v) is 4.24. The highest BCUT2D eigenvalue weighted by Crippen LogP contribution is 2.13. The second-order valence-corrected chi connectivity index (χ2v) is 6.28. The van der Waals surface area contributed by atoms with Crippen LogP contribution in [0.5, 0.6) is 0 Å². The molecule has 4 N–H and O–H groups in total. The number of hydrogen-bond acceptors (Lipinski definition) is 10. The summed E-state index contributed by atoms with van der Waals surface area (Å²) in [5.74, 6) is -1.40. The molecule has 2 aliphatic heterocycles. The van der Waals surface area contributed by atoms with Crippen LogP contribution in [0.3, 0.4) is 0 Å². The fourth-order valence-corrected chi connectivity index (χ4v) is 2.75. The zero-order valence-corrected chi connectivity index (χ0v) is 15.3. The van der Waals surface area contributed by atoms with Gasteiger partial charge in [-0.15, -0.1) is 0 Å². The molecule has 0 amide bonds. The standard InChI is InChI=1S/C18H26N2O8/c21-13-3-4-14(22)19(13)9-1-11-27-17(25)7-8-18(26)28-12-2-10-20-15(23)5-6-16(20)24/h3-8,13-16,21-24H,1-2,9-12H2/b8-7+. The molecule has 0 aliphatic carbocycles. The first-order valence-electron chi connectivity index (χ1n) is 9.00. The van der Waals surface area contributed by atoms with Gasteiger partial charge >= 0.3 is 11.9 Å². The summed E-state index contributed by atoms with van der Waals surface area (Å²) < 4.78 is 9.85. The number of ether oxygens (including phenoxy) is 2. The number of esters is 2. The molecule has 0 aromatic rings. The van der Waals surface area contributed by atoms with Crippen molar-refractivity contribution in [3.05, 3.63) is 36.5 Å². The van der Waals surface area contributed by atoms with Crippen molar-refractivity contribution in [2.45, 2.75) is 37.8 Å². The summed E-state index contributed by atoms with van der Waals surface area (Å²) in [7, 11) is 0. The summed E-state index contributed by atoms with van der Waals surface area (Å²) in [5.41, 5.74) is 0. The normalized spacial score (nSPS) is 27.7. The van der Waals surface area contributed by atoms with Crippen molar-refractivity contribution >= 4 is 11.9 Å². The van der Waals surface area contributed by atoms with Crippen LogP contribution in [0.4, 0.5) is 0 Å². The van der Waals surface area contributed by atoms with E-state index in [9.17, 15) is 30.0 Å². The summed E-state index contributed by atoms with van der Waals surface area (Å²) >= 11 is 0. The second kappa shape index (κ2) is 11.1.